The maximum atomic E-state index is 14.8. The van der Waals surface area contributed by atoms with E-state index in [0.717, 1.165) is 62.3 Å². The third kappa shape index (κ3) is 9.93. The fourth-order valence-corrected chi connectivity index (χ4v) is 10.0. The zero-order valence-corrected chi connectivity index (χ0v) is 34.5. The van der Waals surface area contributed by atoms with Crippen LogP contribution in [-0.2, 0) is 29.2 Å². The Morgan fingerprint density at radius 3 is 2.33 bits per heavy atom. The number of pyridine rings is 1. The molecule has 4 aliphatic rings. The number of likely N-dealkylation sites (tertiary alicyclic amines) is 1. The number of rotatable bonds is 9. The van der Waals surface area contributed by atoms with Gasteiger partial charge in [0.1, 0.15) is 29.7 Å². The summed E-state index contributed by atoms with van der Waals surface area (Å²) in [6.07, 6.45) is 8.89. The van der Waals surface area contributed by atoms with Crippen molar-refractivity contribution < 1.29 is 37.1 Å². The van der Waals surface area contributed by atoms with Crippen molar-refractivity contribution in [1.82, 2.24) is 24.8 Å². The average Bonchev–Trinajstić information content (AvgIpc) is 4.02. The molecule has 3 aromatic rings. The summed E-state index contributed by atoms with van der Waals surface area (Å²) in [6, 6.07) is 15.0. The minimum atomic E-state index is -3.87. The number of carbonyl (C=O) groups excluding carboxylic acids is 4. The van der Waals surface area contributed by atoms with E-state index in [0.29, 0.717) is 61.5 Å². The number of benzene rings is 2. The lowest BCUT2D eigenvalue weighted by Crippen LogP contribution is -2.56. The highest BCUT2D eigenvalue weighted by Crippen LogP contribution is 2.36. The van der Waals surface area contributed by atoms with Gasteiger partial charge in [-0.25, -0.2) is 13.4 Å². The van der Waals surface area contributed by atoms with Crippen molar-refractivity contribution in [3.05, 3.63) is 54.6 Å². The van der Waals surface area contributed by atoms with E-state index >= 15 is 0 Å². The smallest absolute Gasteiger partial charge is 0.256 e. The van der Waals surface area contributed by atoms with Gasteiger partial charge in [-0.05, 0) is 63.0 Å². The highest BCUT2D eigenvalue weighted by Gasteiger charge is 2.45. The number of ether oxygens (including phenoxy) is 2. The monoisotopic (exact) mass is 815 g/mol. The van der Waals surface area contributed by atoms with Crippen LogP contribution in [0.4, 0.5) is 0 Å². The Labute approximate surface area is 341 Å². The molecule has 1 aliphatic carbocycles. The van der Waals surface area contributed by atoms with E-state index in [1.807, 2.05) is 66.4 Å². The van der Waals surface area contributed by atoms with Gasteiger partial charge in [-0.1, -0.05) is 69.4 Å². The fourth-order valence-electron chi connectivity index (χ4n) is 8.68. The molecule has 14 heteroatoms. The number of piperidine rings is 1. The molecule has 0 bridgehead atoms. The Morgan fingerprint density at radius 1 is 0.897 bits per heavy atom. The quantitative estimate of drug-likeness (QED) is 0.274. The summed E-state index contributed by atoms with van der Waals surface area (Å²) in [5, 5.41) is 3.03. The molecule has 58 heavy (non-hydrogen) atoms. The number of hydrogen-bond acceptors (Lipinski definition) is 9. The number of sulfonamides is 1. The molecule has 2 N–H and O–H groups in total. The second-order valence-corrected chi connectivity index (χ2v) is 18.6. The molecule has 3 aliphatic heterocycles. The number of nitrogens with zero attached hydrogens (tertiary/aromatic N) is 3. The Hall–Kier alpha value is -4.72. The molecule has 1 unspecified atom stereocenters. The van der Waals surface area contributed by atoms with Gasteiger partial charge in [0, 0.05) is 54.9 Å². The standard InChI is InChI=1S/C44H57N5O8S/c1-29-14-8-4-3-5-9-17-31(24-40(50)48-22-12-7-13-23-48)44(53)49-28-33(26-38(49)42(51)46-41(29)43(52)47-58(54,55)34-19-20-34)57-39-27-36(30-15-10-6-11-16-30)45-37-25-32(56-2)18-21-35(37)39/h6,10-11,15-16,18,21,25,27,29,31,33-34,38,41H,3-5,7-9,12-14,17,19-20,22-24,26,28H2,1-2H3,(H,46,51)(H,47,52)/t29-,31+,33+,38-,41?/m0/s1. The number of aromatic nitrogens is 1. The molecular weight excluding hydrogens is 759 g/mol. The third-order valence-electron chi connectivity index (χ3n) is 12.2. The number of methoxy groups -OCH3 is 1. The molecule has 5 atom stereocenters. The van der Waals surface area contributed by atoms with Crippen molar-refractivity contribution in [3.8, 4) is 22.8 Å². The maximum absolute atomic E-state index is 14.8. The molecule has 3 saturated heterocycles. The van der Waals surface area contributed by atoms with Crippen LogP contribution in [0.25, 0.3) is 22.2 Å². The first-order valence-electron chi connectivity index (χ1n) is 21.2. The summed E-state index contributed by atoms with van der Waals surface area (Å²) in [5.41, 5.74) is 2.21. The summed E-state index contributed by atoms with van der Waals surface area (Å²) in [7, 11) is -2.28. The minimum Gasteiger partial charge on any atom is -0.497 e. The largest absolute Gasteiger partial charge is 0.497 e. The van der Waals surface area contributed by atoms with Crippen LogP contribution in [0.1, 0.15) is 96.8 Å². The van der Waals surface area contributed by atoms with Gasteiger partial charge < -0.3 is 24.6 Å². The number of hydrogen-bond donors (Lipinski definition) is 2. The Morgan fingerprint density at radius 2 is 1.60 bits per heavy atom. The lowest BCUT2D eigenvalue weighted by Gasteiger charge is -2.32. The van der Waals surface area contributed by atoms with Crippen LogP contribution < -0.4 is 19.5 Å². The van der Waals surface area contributed by atoms with Crippen molar-refractivity contribution in [1.29, 1.82) is 0 Å². The molecule has 13 nitrogen and oxygen atoms in total. The van der Waals surface area contributed by atoms with Gasteiger partial charge in [0.2, 0.25) is 27.7 Å². The summed E-state index contributed by atoms with van der Waals surface area (Å²) >= 11 is 0. The third-order valence-corrected chi connectivity index (χ3v) is 14.1. The van der Waals surface area contributed by atoms with Crippen LogP contribution in [0, 0.1) is 11.8 Å². The predicted octanol–water partition coefficient (Wildman–Crippen LogP) is 5.75. The van der Waals surface area contributed by atoms with Gasteiger partial charge in [-0.2, -0.15) is 0 Å². The van der Waals surface area contributed by atoms with Crippen molar-refractivity contribution >= 4 is 44.6 Å². The Balaban J connectivity index is 1.21. The van der Waals surface area contributed by atoms with Crippen molar-refractivity contribution in [3.63, 3.8) is 0 Å². The first-order valence-corrected chi connectivity index (χ1v) is 22.7. The summed E-state index contributed by atoms with van der Waals surface area (Å²) in [6.45, 7) is 3.29. The normalized spacial score (nSPS) is 25.2. The number of nitrogens with one attached hydrogen (secondary N) is 2. The zero-order chi connectivity index (χ0) is 40.8. The number of carbonyl (C=O) groups is 4. The summed E-state index contributed by atoms with van der Waals surface area (Å²) < 4.78 is 40.3. The fraction of sp³-hybridized carbons (Fsp3) is 0.568. The van der Waals surface area contributed by atoms with Crippen LogP contribution in [0.2, 0.25) is 0 Å². The van der Waals surface area contributed by atoms with E-state index in [1.54, 1.807) is 12.0 Å². The highest BCUT2D eigenvalue weighted by molar-refractivity contribution is 7.90. The highest BCUT2D eigenvalue weighted by atomic mass is 32.2. The van der Waals surface area contributed by atoms with Gasteiger partial charge in [-0.15, -0.1) is 0 Å². The molecule has 312 valence electrons. The van der Waals surface area contributed by atoms with E-state index in [2.05, 4.69) is 10.0 Å². The molecule has 1 aromatic heterocycles. The minimum absolute atomic E-state index is 0.0430. The van der Waals surface area contributed by atoms with Crippen LogP contribution in [-0.4, -0.2) is 97.0 Å². The van der Waals surface area contributed by atoms with Gasteiger partial charge in [0.25, 0.3) is 5.91 Å². The summed E-state index contributed by atoms with van der Waals surface area (Å²) in [5.74, 6) is -1.49. The molecule has 4 heterocycles. The summed E-state index contributed by atoms with van der Waals surface area (Å²) in [4.78, 5) is 65.1. The second kappa shape index (κ2) is 18.5. The predicted molar refractivity (Wildman–Crippen MR) is 220 cm³/mol. The second-order valence-electron chi connectivity index (χ2n) is 16.6. The first-order chi connectivity index (χ1) is 28.0. The molecule has 1 saturated carbocycles. The number of amides is 4. The van der Waals surface area contributed by atoms with E-state index < -0.39 is 51.2 Å². The molecule has 2 aromatic carbocycles. The van der Waals surface area contributed by atoms with Crippen molar-refractivity contribution in [2.24, 2.45) is 11.8 Å². The first kappa shape index (κ1) is 41.4. The SMILES string of the molecule is COc1ccc2c(O[C@@H]3C[C@H]4C(=O)NC(C(=O)NS(=O)(=O)C5CC5)[C@@H](C)CCCCCCC[C@H](CC(=O)N5CCCCC5)C(=O)N4C3)cc(-c3ccccc3)nc2c1. The lowest BCUT2D eigenvalue weighted by atomic mass is 9.93. The molecule has 4 fully saturated rings. The van der Waals surface area contributed by atoms with Crippen LogP contribution in [0.5, 0.6) is 11.5 Å². The zero-order valence-electron chi connectivity index (χ0n) is 33.7. The van der Waals surface area contributed by atoms with Crippen molar-refractivity contribution in [2.75, 3.05) is 26.7 Å². The molecule has 4 amide bonds. The van der Waals surface area contributed by atoms with Gasteiger partial charge in [0.15, 0.2) is 0 Å². The molecule has 0 spiro atoms. The van der Waals surface area contributed by atoms with Crippen LogP contribution in [0.3, 0.4) is 0 Å². The van der Waals surface area contributed by atoms with Crippen LogP contribution >= 0.6 is 0 Å². The van der Waals surface area contributed by atoms with Crippen LogP contribution in [0.15, 0.2) is 54.6 Å². The Kier molecular flexibility index (Phi) is 13.2. The molecule has 0 radical (unpaired) electrons. The number of fused-ring (bicyclic) bond motifs is 2. The van der Waals surface area contributed by atoms with E-state index in [9.17, 15) is 27.6 Å². The average molecular weight is 816 g/mol. The Bertz CT molecular complexity index is 2070. The van der Waals surface area contributed by atoms with Gasteiger partial charge in [0.05, 0.1) is 30.1 Å². The van der Waals surface area contributed by atoms with E-state index in [1.165, 1.54) is 0 Å². The van der Waals surface area contributed by atoms with Crippen molar-refractivity contribution in [2.45, 2.75) is 120 Å². The topological polar surface area (TPSA) is 164 Å². The van der Waals surface area contributed by atoms with Gasteiger partial charge in [-0.3, -0.25) is 23.9 Å². The molecular formula is C44H57N5O8S. The van der Waals surface area contributed by atoms with Gasteiger partial charge >= 0.3 is 0 Å². The maximum Gasteiger partial charge on any atom is 0.256 e. The van der Waals surface area contributed by atoms with E-state index in [-0.39, 0.29) is 37.1 Å². The van der Waals surface area contributed by atoms with E-state index in [4.69, 9.17) is 14.5 Å². The lowest BCUT2D eigenvalue weighted by molar-refractivity contribution is -0.145. The molecule has 7 rings (SSSR count).